The van der Waals surface area contributed by atoms with Crippen LogP contribution in [0.15, 0.2) is 65.7 Å². The van der Waals surface area contributed by atoms with E-state index in [2.05, 4.69) is 10.0 Å². The summed E-state index contributed by atoms with van der Waals surface area (Å²) >= 11 is 0. The van der Waals surface area contributed by atoms with E-state index in [1.165, 1.54) is 6.20 Å². The zero-order valence-corrected chi connectivity index (χ0v) is 10.8. The lowest BCUT2D eigenvalue weighted by molar-refractivity contribution is 0.591. The Labute approximate surface area is 111 Å². The molecule has 1 heterocycles. The maximum absolute atomic E-state index is 12.1. The van der Waals surface area contributed by atoms with Crippen molar-refractivity contribution in [3.8, 4) is 0 Å². The van der Waals surface area contributed by atoms with E-state index < -0.39 is 10.0 Å². The van der Waals surface area contributed by atoms with Gasteiger partial charge in [-0.05, 0) is 17.7 Å². The number of fused-ring (bicyclic) bond motifs is 1. The molecule has 0 atom stereocenters. The molecule has 2 N–H and O–H groups in total. The number of sulfonamides is 1. The van der Waals surface area contributed by atoms with Crippen LogP contribution in [0.25, 0.3) is 5.70 Å². The van der Waals surface area contributed by atoms with Gasteiger partial charge in [0.1, 0.15) is 4.90 Å². The fraction of sp³-hybridized carbons (Fsp3) is 0. The number of para-hydroxylation sites is 1. The molecule has 19 heavy (non-hydrogen) atoms. The number of anilines is 1. The Morgan fingerprint density at radius 3 is 2.32 bits per heavy atom. The minimum atomic E-state index is -3.51. The molecule has 0 radical (unpaired) electrons. The molecule has 0 fully saturated rings. The van der Waals surface area contributed by atoms with Gasteiger partial charge in [-0.25, -0.2) is 8.42 Å². The average molecular weight is 272 g/mol. The zero-order valence-electron chi connectivity index (χ0n) is 10.00. The van der Waals surface area contributed by atoms with E-state index in [0.29, 0.717) is 11.4 Å². The van der Waals surface area contributed by atoms with E-state index in [9.17, 15) is 8.42 Å². The van der Waals surface area contributed by atoms with E-state index >= 15 is 0 Å². The normalized spacial score (nSPS) is 16.3. The van der Waals surface area contributed by atoms with Crippen LogP contribution in [-0.4, -0.2) is 8.42 Å². The van der Waals surface area contributed by atoms with Crippen molar-refractivity contribution in [1.82, 2.24) is 4.72 Å². The van der Waals surface area contributed by atoms with Gasteiger partial charge in [-0.3, -0.25) is 4.72 Å². The van der Waals surface area contributed by atoms with Crippen LogP contribution in [0.5, 0.6) is 0 Å². The highest BCUT2D eigenvalue weighted by Crippen LogP contribution is 2.27. The third kappa shape index (κ3) is 2.20. The first-order valence-electron chi connectivity index (χ1n) is 5.81. The van der Waals surface area contributed by atoms with Crippen molar-refractivity contribution >= 4 is 21.4 Å². The Morgan fingerprint density at radius 2 is 1.53 bits per heavy atom. The van der Waals surface area contributed by atoms with Crippen molar-refractivity contribution in [2.24, 2.45) is 0 Å². The Kier molecular flexibility index (Phi) is 2.76. The summed E-state index contributed by atoms with van der Waals surface area (Å²) in [4.78, 5) is 0.247. The fourth-order valence-corrected chi connectivity index (χ4v) is 3.02. The number of hydrogen-bond donors (Lipinski definition) is 2. The minimum absolute atomic E-state index is 0.247. The van der Waals surface area contributed by atoms with Gasteiger partial charge in [0.25, 0.3) is 10.0 Å². The minimum Gasteiger partial charge on any atom is -0.353 e. The highest BCUT2D eigenvalue weighted by Gasteiger charge is 2.21. The molecular formula is C14H12N2O2S. The van der Waals surface area contributed by atoms with E-state index in [1.54, 1.807) is 24.3 Å². The third-order valence-electron chi connectivity index (χ3n) is 2.89. The Bertz CT molecular complexity index is 737. The average Bonchev–Trinajstić information content (AvgIpc) is 2.57. The van der Waals surface area contributed by atoms with Gasteiger partial charge in [0.15, 0.2) is 0 Å². The van der Waals surface area contributed by atoms with Crippen LogP contribution in [0, 0.1) is 0 Å². The predicted octanol–water partition coefficient (Wildman–Crippen LogP) is 2.39. The highest BCUT2D eigenvalue weighted by atomic mass is 32.2. The maximum atomic E-state index is 12.1. The lowest BCUT2D eigenvalue weighted by Gasteiger charge is -2.10. The van der Waals surface area contributed by atoms with E-state index in [-0.39, 0.29) is 4.90 Å². The molecule has 0 aromatic heterocycles. The molecule has 0 unspecified atom stereocenters. The largest absolute Gasteiger partial charge is 0.353 e. The van der Waals surface area contributed by atoms with Crippen LogP contribution in [0.3, 0.4) is 0 Å². The molecule has 4 nitrogen and oxygen atoms in total. The van der Waals surface area contributed by atoms with E-state index in [0.717, 1.165) is 5.56 Å². The molecule has 0 saturated carbocycles. The van der Waals surface area contributed by atoms with Gasteiger partial charge in [0, 0.05) is 6.20 Å². The molecule has 1 aliphatic heterocycles. The molecule has 0 bridgehead atoms. The predicted molar refractivity (Wildman–Crippen MR) is 74.8 cm³/mol. The van der Waals surface area contributed by atoms with Gasteiger partial charge >= 0.3 is 0 Å². The summed E-state index contributed by atoms with van der Waals surface area (Å²) in [5.74, 6) is 0. The lowest BCUT2D eigenvalue weighted by atomic mass is 10.1. The number of hydrogen-bond acceptors (Lipinski definition) is 3. The number of benzene rings is 2. The molecule has 5 heteroatoms. The van der Waals surface area contributed by atoms with Crippen LogP contribution in [0.1, 0.15) is 5.56 Å². The molecule has 0 amide bonds. The van der Waals surface area contributed by atoms with Gasteiger partial charge < -0.3 is 5.32 Å². The first kappa shape index (κ1) is 11.8. The smallest absolute Gasteiger partial charge is 0.263 e. The summed E-state index contributed by atoms with van der Waals surface area (Å²) in [6.45, 7) is 0. The van der Waals surface area contributed by atoms with Gasteiger partial charge in [-0.2, -0.15) is 0 Å². The van der Waals surface area contributed by atoms with Crippen molar-refractivity contribution in [1.29, 1.82) is 0 Å². The van der Waals surface area contributed by atoms with Gasteiger partial charge in [-0.1, -0.05) is 42.5 Å². The topological polar surface area (TPSA) is 58.2 Å². The summed E-state index contributed by atoms with van der Waals surface area (Å²) in [5, 5.41) is 3.15. The molecule has 2 aromatic carbocycles. The van der Waals surface area contributed by atoms with E-state index in [4.69, 9.17) is 0 Å². The fourth-order valence-electron chi connectivity index (χ4n) is 1.96. The van der Waals surface area contributed by atoms with Gasteiger partial charge in [0.05, 0.1) is 11.4 Å². The summed E-state index contributed by atoms with van der Waals surface area (Å²) < 4.78 is 26.6. The van der Waals surface area contributed by atoms with Crippen molar-refractivity contribution < 1.29 is 8.42 Å². The summed E-state index contributed by atoms with van der Waals surface area (Å²) in [5.41, 5.74) is 2.21. The quantitative estimate of drug-likeness (QED) is 0.838. The second-order valence-electron chi connectivity index (χ2n) is 4.17. The highest BCUT2D eigenvalue weighted by molar-refractivity contribution is 7.89. The summed E-state index contributed by atoms with van der Waals surface area (Å²) in [6, 6.07) is 16.4. The van der Waals surface area contributed by atoms with Crippen molar-refractivity contribution in [3.05, 3.63) is 66.4 Å². The second kappa shape index (κ2) is 4.44. The Hall–Kier alpha value is -2.27. The van der Waals surface area contributed by atoms with Crippen LogP contribution in [-0.2, 0) is 10.0 Å². The van der Waals surface area contributed by atoms with Crippen molar-refractivity contribution in [2.45, 2.75) is 4.90 Å². The molecule has 0 saturated heterocycles. The van der Waals surface area contributed by atoms with Crippen molar-refractivity contribution in [2.75, 3.05) is 5.32 Å². The first-order chi connectivity index (χ1) is 9.17. The molecule has 0 spiro atoms. The summed E-state index contributed by atoms with van der Waals surface area (Å²) in [6.07, 6.45) is 1.48. The van der Waals surface area contributed by atoms with Gasteiger partial charge in [0.2, 0.25) is 0 Å². The van der Waals surface area contributed by atoms with Crippen LogP contribution in [0.4, 0.5) is 5.69 Å². The van der Waals surface area contributed by atoms with E-state index in [1.807, 2.05) is 30.3 Å². The molecule has 1 aliphatic rings. The molecule has 0 aliphatic carbocycles. The third-order valence-corrected chi connectivity index (χ3v) is 4.25. The molecular weight excluding hydrogens is 260 g/mol. The first-order valence-corrected chi connectivity index (χ1v) is 7.29. The van der Waals surface area contributed by atoms with Gasteiger partial charge in [-0.15, -0.1) is 0 Å². The Morgan fingerprint density at radius 1 is 0.842 bits per heavy atom. The standard InChI is InChI=1S/C14H12N2O2S/c17-19(18)14-9-5-4-8-12(14)16-13(10-15-19)11-6-2-1-3-7-11/h1-10,15-16H. The number of rotatable bonds is 1. The second-order valence-corrected chi connectivity index (χ2v) is 5.85. The monoisotopic (exact) mass is 272 g/mol. The summed E-state index contributed by atoms with van der Waals surface area (Å²) in [7, 11) is -3.51. The lowest BCUT2D eigenvalue weighted by Crippen LogP contribution is -2.16. The van der Waals surface area contributed by atoms with Crippen molar-refractivity contribution in [3.63, 3.8) is 0 Å². The Balaban J connectivity index is 2.12. The molecule has 2 aromatic rings. The molecule has 96 valence electrons. The maximum Gasteiger partial charge on any atom is 0.263 e. The van der Waals surface area contributed by atoms with Crippen LogP contribution >= 0.6 is 0 Å². The SMILES string of the molecule is O=S1(=O)NC=C(c2ccccc2)Nc2ccccc21. The zero-order chi connectivity index (χ0) is 13.3. The van der Waals surface area contributed by atoms with Crippen LogP contribution in [0.2, 0.25) is 0 Å². The van der Waals surface area contributed by atoms with Crippen LogP contribution < -0.4 is 10.0 Å². The number of nitrogens with one attached hydrogen (secondary N) is 2. The molecule has 3 rings (SSSR count).